The van der Waals surface area contributed by atoms with Gasteiger partial charge in [-0.1, -0.05) is 103 Å². The van der Waals surface area contributed by atoms with Crippen molar-refractivity contribution in [3.05, 3.63) is 206 Å². The van der Waals surface area contributed by atoms with Crippen molar-refractivity contribution < 1.29 is 53.4 Å². The second kappa shape index (κ2) is 25.1. The van der Waals surface area contributed by atoms with Gasteiger partial charge in [-0.2, -0.15) is 0 Å². The highest BCUT2D eigenvalue weighted by atomic mass is 16.7. The van der Waals surface area contributed by atoms with Gasteiger partial charge in [-0.25, -0.2) is 9.59 Å². The molecule has 1 saturated carbocycles. The Hall–Kier alpha value is -8.45. The molecule has 404 valence electrons. The van der Waals surface area contributed by atoms with Gasteiger partial charge in [-0.05, 0) is 113 Å². The summed E-state index contributed by atoms with van der Waals surface area (Å²) in [4.78, 5) is 59.0. The first-order valence-corrected chi connectivity index (χ1v) is 26.1. The van der Waals surface area contributed by atoms with Crippen LogP contribution in [0.4, 0.5) is 21.0 Å². The molecule has 2 aliphatic carbocycles. The van der Waals surface area contributed by atoms with Crippen LogP contribution in [0.5, 0.6) is 17.2 Å². The minimum atomic E-state index is -1.74. The lowest BCUT2D eigenvalue weighted by Crippen LogP contribution is -2.70. The first-order valence-electron chi connectivity index (χ1n) is 26.1. The number of nitrogens with zero attached hydrogens (tertiary/aromatic N) is 4. The van der Waals surface area contributed by atoms with Crippen molar-refractivity contribution in [2.45, 2.75) is 82.4 Å². The van der Waals surface area contributed by atoms with Crippen LogP contribution in [0.2, 0.25) is 0 Å². The molecule has 6 aromatic carbocycles. The van der Waals surface area contributed by atoms with E-state index in [9.17, 15) is 35.2 Å². The first-order chi connectivity index (χ1) is 38.0. The lowest BCUT2D eigenvalue weighted by atomic mass is 9.55. The summed E-state index contributed by atoms with van der Waals surface area (Å²) >= 11 is 0. The van der Waals surface area contributed by atoms with Crippen molar-refractivity contribution in [2.75, 3.05) is 19.8 Å². The molecule has 0 bridgehead atoms. The second-order valence-electron chi connectivity index (χ2n) is 19.6. The monoisotopic (exact) mass is 1060 g/mol. The lowest BCUT2D eigenvalue weighted by molar-refractivity contribution is -0.385. The SMILES string of the molecule is C=CCOC12Oc3ccc(OC(=O)NCc4ccccc4)cc3C3C(CCCCO)C(CCCCO)C=C(C(=NOCc4ccc([N+](=O)[O-])cc4)CC1N(Cc1cccc4ccccc14)C(=O)Oc1ccc([N+](=O)[O-])cc1)C32. The topological polar surface area (TPSA) is 235 Å². The van der Waals surface area contributed by atoms with Gasteiger partial charge < -0.3 is 39.3 Å². The maximum atomic E-state index is 15.5. The van der Waals surface area contributed by atoms with Crippen LogP contribution >= 0.6 is 0 Å². The van der Waals surface area contributed by atoms with Crippen LogP contribution in [-0.4, -0.2) is 74.5 Å². The number of amides is 2. The predicted molar refractivity (Wildman–Crippen MR) is 291 cm³/mol. The molecule has 2 amide bonds. The number of carbonyl (C=O) groups is 2. The van der Waals surface area contributed by atoms with Gasteiger partial charge in [-0.3, -0.25) is 25.1 Å². The predicted octanol–water partition coefficient (Wildman–Crippen LogP) is 11.5. The third kappa shape index (κ3) is 12.2. The van der Waals surface area contributed by atoms with E-state index < -0.39 is 45.7 Å². The van der Waals surface area contributed by atoms with Gasteiger partial charge in [0, 0.05) is 61.9 Å². The van der Waals surface area contributed by atoms with Gasteiger partial charge in [-0.15, -0.1) is 6.58 Å². The Morgan fingerprint density at radius 1 is 0.795 bits per heavy atom. The summed E-state index contributed by atoms with van der Waals surface area (Å²) in [6.45, 7) is 4.10. The fourth-order valence-corrected chi connectivity index (χ4v) is 11.2. The number of ether oxygens (including phenoxy) is 4. The fraction of sp³-hybridized carbons (Fsp3) is 0.317. The Morgan fingerprint density at radius 2 is 1.47 bits per heavy atom. The number of nitro groups is 2. The Labute approximate surface area is 450 Å². The smallest absolute Gasteiger partial charge is 0.416 e. The summed E-state index contributed by atoms with van der Waals surface area (Å²) in [5.41, 5.74) is 3.88. The zero-order valence-corrected chi connectivity index (χ0v) is 42.9. The van der Waals surface area contributed by atoms with Crippen LogP contribution in [0.15, 0.2) is 169 Å². The van der Waals surface area contributed by atoms with Crippen molar-refractivity contribution in [3.63, 3.8) is 0 Å². The molecule has 18 nitrogen and oxygen atoms in total. The molecule has 0 spiro atoms. The van der Waals surface area contributed by atoms with E-state index in [0.717, 1.165) is 27.5 Å². The van der Waals surface area contributed by atoms with E-state index >= 15 is 4.79 Å². The zero-order chi connectivity index (χ0) is 54.6. The number of hydrogen-bond donors (Lipinski definition) is 3. The van der Waals surface area contributed by atoms with E-state index in [1.54, 1.807) is 35.2 Å². The molecule has 6 aromatic rings. The summed E-state index contributed by atoms with van der Waals surface area (Å²) < 4.78 is 26.8. The molecule has 3 N–H and O–H groups in total. The van der Waals surface area contributed by atoms with Crippen LogP contribution in [0, 0.1) is 38.0 Å². The van der Waals surface area contributed by atoms with Crippen molar-refractivity contribution in [2.24, 2.45) is 22.9 Å². The maximum Gasteiger partial charge on any atom is 0.416 e. The summed E-state index contributed by atoms with van der Waals surface area (Å²) in [5, 5.41) is 53.0. The number of aliphatic hydroxyl groups is 2. The minimum absolute atomic E-state index is 0.000117. The first kappa shape index (κ1) is 54.3. The molecule has 1 heterocycles. The number of nitro benzene ring substituents is 2. The van der Waals surface area contributed by atoms with Gasteiger partial charge in [0.2, 0.25) is 5.79 Å². The lowest BCUT2D eigenvalue weighted by Gasteiger charge is -2.59. The summed E-state index contributed by atoms with van der Waals surface area (Å²) in [6.07, 6.45) is 5.99. The van der Waals surface area contributed by atoms with Crippen LogP contribution < -0.4 is 19.5 Å². The number of carbonyl (C=O) groups excluding carboxylic acids is 2. The van der Waals surface area contributed by atoms with Gasteiger partial charge >= 0.3 is 12.2 Å². The Kier molecular flexibility index (Phi) is 17.5. The van der Waals surface area contributed by atoms with Crippen LogP contribution in [0.3, 0.4) is 0 Å². The van der Waals surface area contributed by atoms with Crippen molar-refractivity contribution in [3.8, 4) is 17.2 Å². The molecule has 78 heavy (non-hydrogen) atoms. The molecular formula is C60H61N5O13. The van der Waals surface area contributed by atoms with Gasteiger partial charge in [0.25, 0.3) is 11.4 Å². The van der Waals surface area contributed by atoms with Crippen molar-refractivity contribution in [1.29, 1.82) is 0 Å². The van der Waals surface area contributed by atoms with Gasteiger partial charge in [0.1, 0.15) is 29.9 Å². The second-order valence-corrected chi connectivity index (χ2v) is 19.6. The highest BCUT2D eigenvalue weighted by Crippen LogP contribution is 2.62. The Balaban J connectivity index is 1.23. The van der Waals surface area contributed by atoms with E-state index in [4.69, 9.17) is 28.9 Å². The molecule has 3 aliphatic rings. The number of allylic oxidation sites excluding steroid dienone is 1. The van der Waals surface area contributed by atoms with E-state index in [2.05, 4.69) is 18.0 Å². The molecule has 18 heteroatoms. The molecule has 1 aliphatic heterocycles. The van der Waals surface area contributed by atoms with Gasteiger partial charge in [0.05, 0.1) is 34.6 Å². The number of benzene rings is 6. The molecule has 0 radical (unpaired) electrons. The number of rotatable bonds is 23. The third-order valence-electron chi connectivity index (χ3n) is 14.8. The quantitative estimate of drug-likeness (QED) is 0.0235. The normalized spacial score (nSPS) is 20.5. The number of non-ortho nitro benzene ring substituents is 2. The average Bonchev–Trinajstić information content (AvgIpc) is 3.65. The molecule has 6 unspecified atom stereocenters. The van der Waals surface area contributed by atoms with Crippen molar-refractivity contribution >= 4 is 40.0 Å². The molecule has 0 aromatic heterocycles. The number of hydrogen-bond acceptors (Lipinski definition) is 14. The number of nitrogens with one attached hydrogen (secondary N) is 1. The number of aliphatic hydroxyl groups excluding tert-OH is 2. The molecule has 9 rings (SSSR count). The highest BCUT2D eigenvalue weighted by molar-refractivity contribution is 6.03. The Bertz CT molecular complexity index is 3160. The summed E-state index contributed by atoms with van der Waals surface area (Å²) in [7, 11) is 0. The van der Waals surface area contributed by atoms with Crippen LogP contribution in [-0.2, 0) is 29.3 Å². The van der Waals surface area contributed by atoms with Crippen molar-refractivity contribution in [1.82, 2.24) is 10.2 Å². The number of fused-ring (bicyclic) bond motifs is 3. The van der Waals surface area contributed by atoms with E-state index in [1.807, 2.05) is 78.9 Å². The molecule has 0 saturated heterocycles. The van der Waals surface area contributed by atoms with Crippen LogP contribution in [0.1, 0.15) is 73.1 Å². The van der Waals surface area contributed by atoms with Gasteiger partial charge in [0.15, 0.2) is 0 Å². The van der Waals surface area contributed by atoms with Crippen LogP contribution in [0.25, 0.3) is 10.8 Å². The number of unbranched alkanes of at least 4 members (excludes halogenated alkanes) is 2. The largest absolute Gasteiger partial charge is 0.459 e. The number of oxime groups is 1. The van der Waals surface area contributed by atoms with E-state index in [0.29, 0.717) is 61.1 Å². The van der Waals surface area contributed by atoms with E-state index in [-0.39, 0.29) is 80.6 Å². The molecule has 6 atom stereocenters. The zero-order valence-electron chi connectivity index (χ0n) is 42.9. The summed E-state index contributed by atoms with van der Waals surface area (Å²) in [5.74, 6) is -2.62. The minimum Gasteiger partial charge on any atom is -0.459 e. The third-order valence-corrected chi connectivity index (χ3v) is 14.8. The Morgan fingerprint density at radius 3 is 2.19 bits per heavy atom. The highest BCUT2D eigenvalue weighted by Gasteiger charge is 2.66. The molecule has 1 fully saturated rings. The summed E-state index contributed by atoms with van der Waals surface area (Å²) in [6, 6.07) is 38.3. The standard InChI is InChI=1S/C60H61N5O13/c1-2-33-74-60-55(63(38-44-18-12-17-42-15-6-7-19-49(42)44)59(69)77-47-27-25-46(26-28-47)65(72)73)36-53(62-75-39-41-21-23-45(24-22-41)64(70)71)51-34-43(16-8-10-31-66)50(20-9-11-32-67)56(57(51)60)52-35-48(29-30-54(52)78-60)76-58(68)61-37-40-13-4-3-5-14-40/h2-7,12-15,17-19,21-30,34-35,43,50,55-57,66-67H,1,8-11,16,20,31-33,36-39H2,(H,61,68). The van der Waals surface area contributed by atoms with E-state index in [1.165, 1.54) is 36.4 Å². The fourth-order valence-electron chi connectivity index (χ4n) is 11.2. The average molecular weight is 1060 g/mol. The maximum absolute atomic E-state index is 15.5. The molecular weight excluding hydrogens is 999 g/mol.